The molecule has 21 heavy (non-hydrogen) atoms. The van der Waals surface area contributed by atoms with Gasteiger partial charge in [-0.1, -0.05) is 13.8 Å². The normalized spacial score (nSPS) is 22.3. The Morgan fingerprint density at radius 3 is 2.81 bits per heavy atom. The lowest BCUT2D eigenvalue weighted by Gasteiger charge is -2.18. The molecule has 1 saturated heterocycles. The summed E-state index contributed by atoms with van der Waals surface area (Å²) in [4.78, 5) is 18.8. The van der Waals surface area contributed by atoms with Gasteiger partial charge in [0, 0.05) is 43.9 Å². The minimum absolute atomic E-state index is 0.328. The molecule has 0 radical (unpaired) electrons. The molecule has 116 valence electrons. The predicted octanol–water partition coefficient (Wildman–Crippen LogP) is 2.96. The van der Waals surface area contributed by atoms with E-state index in [1.54, 1.807) is 0 Å². The molecule has 1 aliphatic carbocycles. The molecule has 0 spiro atoms. The first kappa shape index (κ1) is 14.6. The van der Waals surface area contributed by atoms with E-state index in [1.807, 2.05) is 6.20 Å². The van der Waals surface area contributed by atoms with Crippen LogP contribution in [0.5, 0.6) is 0 Å². The Morgan fingerprint density at radius 2 is 2.14 bits per heavy atom. The monoisotopic (exact) mass is 289 g/mol. The van der Waals surface area contributed by atoms with Gasteiger partial charge >= 0.3 is 0 Å². The largest absolute Gasteiger partial charge is 0.342 e. The Bertz CT molecular complexity index is 516. The molecule has 4 nitrogen and oxygen atoms in total. The first-order chi connectivity index (χ1) is 10.0. The average Bonchev–Trinajstić information content (AvgIpc) is 3.02. The van der Waals surface area contributed by atoms with Gasteiger partial charge in [-0.2, -0.15) is 0 Å². The van der Waals surface area contributed by atoms with Crippen molar-refractivity contribution in [2.45, 2.75) is 58.9 Å². The Balaban J connectivity index is 1.59. The molecule has 3 rings (SSSR count). The highest BCUT2D eigenvalue weighted by Crippen LogP contribution is 2.37. The lowest BCUT2D eigenvalue weighted by Crippen LogP contribution is -2.29. The van der Waals surface area contributed by atoms with E-state index >= 15 is 0 Å². The molecule has 0 aromatic carbocycles. The van der Waals surface area contributed by atoms with Crippen molar-refractivity contribution in [3.8, 4) is 0 Å². The van der Waals surface area contributed by atoms with Gasteiger partial charge in [-0.05, 0) is 38.0 Å². The lowest BCUT2D eigenvalue weighted by atomic mass is 10.0. The Labute approximate surface area is 127 Å². The van der Waals surface area contributed by atoms with Crippen molar-refractivity contribution in [2.24, 2.45) is 11.8 Å². The zero-order valence-corrected chi connectivity index (χ0v) is 13.5. The third-order valence-electron chi connectivity index (χ3n) is 4.66. The molecular formula is C17H27N3O. The maximum atomic E-state index is 12.1. The number of carbonyl (C=O) groups is 1. The van der Waals surface area contributed by atoms with Crippen LogP contribution in [0.3, 0.4) is 0 Å². The summed E-state index contributed by atoms with van der Waals surface area (Å²) >= 11 is 0. The van der Waals surface area contributed by atoms with Crippen molar-refractivity contribution in [1.29, 1.82) is 0 Å². The fraction of sp³-hybridized carbons (Fsp3) is 0.765. The Kier molecular flexibility index (Phi) is 4.05. The van der Waals surface area contributed by atoms with Crippen molar-refractivity contribution in [1.82, 2.24) is 14.5 Å². The maximum absolute atomic E-state index is 12.1. The van der Waals surface area contributed by atoms with Gasteiger partial charge in [0.15, 0.2) is 0 Å². The number of nitrogens with zero attached hydrogens (tertiary/aromatic N) is 3. The summed E-state index contributed by atoms with van der Waals surface area (Å²) in [6, 6.07) is 0.697. The molecule has 4 heteroatoms. The fourth-order valence-electron chi connectivity index (χ4n) is 3.44. The number of hydrogen-bond acceptors (Lipinski definition) is 2. The van der Waals surface area contributed by atoms with Crippen LogP contribution in [0.15, 0.2) is 6.20 Å². The van der Waals surface area contributed by atoms with Crippen molar-refractivity contribution < 1.29 is 4.79 Å². The van der Waals surface area contributed by atoms with Crippen molar-refractivity contribution in [3.05, 3.63) is 17.7 Å². The number of hydrogen-bond donors (Lipinski definition) is 0. The average molecular weight is 289 g/mol. The highest BCUT2D eigenvalue weighted by Gasteiger charge is 2.31. The van der Waals surface area contributed by atoms with Crippen molar-refractivity contribution in [3.63, 3.8) is 0 Å². The molecule has 0 bridgehead atoms. The molecule has 1 amide bonds. The first-order valence-electron chi connectivity index (χ1n) is 8.35. The molecule has 2 heterocycles. The van der Waals surface area contributed by atoms with E-state index in [0.29, 0.717) is 30.2 Å². The quantitative estimate of drug-likeness (QED) is 0.836. The SMILES string of the molecule is Cc1cnc(CC2CCN(C(=O)CC(C)C)C2)n1C1CC1. The summed E-state index contributed by atoms with van der Waals surface area (Å²) in [5.41, 5.74) is 1.29. The summed E-state index contributed by atoms with van der Waals surface area (Å²) in [6.07, 6.45) is 7.44. The number of carbonyl (C=O) groups excluding carboxylic acids is 1. The second kappa shape index (κ2) is 5.82. The van der Waals surface area contributed by atoms with E-state index in [1.165, 1.54) is 24.4 Å². The zero-order valence-electron chi connectivity index (χ0n) is 13.5. The summed E-state index contributed by atoms with van der Waals surface area (Å²) in [6.45, 7) is 8.23. The van der Waals surface area contributed by atoms with Gasteiger partial charge < -0.3 is 9.47 Å². The minimum atomic E-state index is 0.328. The highest BCUT2D eigenvalue weighted by atomic mass is 16.2. The van der Waals surface area contributed by atoms with E-state index in [-0.39, 0.29) is 0 Å². The van der Waals surface area contributed by atoms with Crippen LogP contribution in [0, 0.1) is 18.8 Å². The van der Waals surface area contributed by atoms with Crippen LogP contribution in [-0.2, 0) is 11.2 Å². The van der Waals surface area contributed by atoms with E-state index in [0.717, 1.165) is 25.9 Å². The molecule has 1 aromatic rings. The number of likely N-dealkylation sites (tertiary alicyclic amines) is 1. The van der Waals surface area contributed by atoms with Crippen molar-refractivity contribution >= 4 is 5.91 Å². The fourth-order valence-corrected chi connectivity index (χ4v) is 3.44. The van der Waals surface area contributed by atoms with Gasteiger partial charge in [0.05, 0.1) is 0 Å². The summed E-state index contributed by atoms with van der Waals surface area (Å²) in [5.74, 6) is 2.60. The second-order valence-electron chi connectivity index (χ2n) is 7.21. The number of amides is 1. The third kappa shape index (κ3) is 3.30. The zero-order chi connectivity index (χ0) is 15.0. The number of aromatic nitrogens is 2. The number of aryl methyl sites for hydroxylation is 1. The second-order valence-corrected chi connectivity index (χ2v) is 7.21. The summed E-state index contributed by atoms with van der Waals surface area (Å²) in [5, 5.41) is 0. The lowest BCUT2D eigenvalue weighted by molar-refractivity contribution is -0.131. The van der Waals surface area contributed by atoms with E-state index in [4.69, 9.17) is 0 Å². The molecule has 2 aliphatic rings. The van der Waals surface area contributed by atoms with Crippen LogP contribution < -0.4 is 0 Å². The minimum Gasteiger partial charge on any atom is -0.342 e. The van der Waals surface area contributed by atoms with Crippen molar-refractivity contribution in [2.75, 3.05) is 13.1 Å². The summed E-state index contributed by atoms with van der Waals surface area (Å²) < 4.78 is 2.43. The van der Waals surface area contributed by atoms with Gasteiger partial charge in [-0.25, -0.2) is 4.98 Å². The van der Waals surface area contributed by atoms with Gasteiger partial charge in [0.1, 0.15) is 5.82 Å². The van der Waals surface area contributed by atoms with E-state index < -0.39 is 0 Å². The van der Waals surface area contributed by atoms with Crippen LogP contribution in [0.1, 0.15) is 57.1 Å². The third-order valence-corrected chi connectivity index (χ3v) is 4.66. The van der Waals surface area contributed by atoms with E-state index in [2.05, 4.69) is 35.2 Å². The standard InChI is InChI=1S/C17H27N3O/c1-12(2)8-17(21)19-7-6-14(11-19)9-16-18-10-13(3)20(16)15-4-5-15/h10,12,14-15H,4-9,11H2,1-3H3. The van der Waals surface area contributed by atoms with Gasteiger partial charge in [-0.15, -0.1) is 0 Å². The van der Waals surface area contributed by atoms with Crippen LogP contribution in [-0.4, -0.2) is 33.4 Å². The molecule has 1 saturated carbocycles. The maximum Gasteiger partial charge on any atom is 0.222 e. The number of rotatable bonds is 5. The molecular weight excluding hydrogens is 262 g/mol. The topological polar surface area (TPSA) is 38.1 Å². The molecule has 0 N–H and O–H groups in total. The van der Waals surface area contributed by atoms with Gasteiger partial charge in [-0.3, -0.25) is 4.79 Å². The molecule has 2 fully saturated rings. The Morgan fingerprint density at radius 1 is 1.38 bits per heavy atom. The van der Waals surface area contributed by atoms with Crippen LogP contribution in [0.25, 0.3) is 0 Å². The van der Waals surface area contributed by atoms with Gasteiger partial charge in [0.25, 0.3) is 0 Å². The van der Waals surface area contributed by atoms with Crippen LogP contribution in [0.2, 0.25) is 0 Å². The predicted molar refractivity (Wildman–Crippen MR) is 83.1 cm³/mol. The molecule has 1 aromatic heterocycles. The molecule has 1 atom stereocenters. The van der Waals surface area contributed by atoms with E-state index in [9.17, 15) is 4.79 Å². The van der Waals surface area contributed by atoms with Crippen LogP contribution in [0.4, 0.5) is 0 Å². The number of imidazole rings is 1. The van der Waals surface area contributed by atoms with Crippen LogP contribution >= 0.6 is 0 Å². The smallest absolute Gasteiger partial charge is 0.222 e. The first-order valence-corrected chi connectivity index (χ1v) is 8.35. The molecule has 1 aliphatic heterocycles. The molecule has 1 unspecified atom stereocenters. The Hall–Kier alpha value is -1.32. The van der Waals surface area contributed by atoms with Gasteiger partial charge in [0.2, 0.25) is 5.91 Å². The highest BCUT2D eigenvalue weighted by molar-refractivity contribution is 5.76. The summed E-state index contributed by atoms with van der Waals surface area (Å²) in [7, 11) is 0.